The summed E-state index contributed by atoms with van der Waals surface area (Å²) in [6.45, 7) is 7.43. The standard InChI is InChI=1S/C16H23N3/c1-12(2)16(17-4)15-5-6-19(11-15)10-14-7-13(3)8-18-9-14/h5-9,11-12,16-17H,10H2,1-4H3. The third kappa shape index (κ3) is 3.44. The second kappa shape index (κ2) is 6.02. The van der Waals surface area contributed by atoms with Gasteiger partial charge in [0.25, 0.3) is 0 Å². The highest BCUT2D eigenvalue weighted by molar-refractivity contribution is 5.20. The minimum Gasteiger partial charge on any atom is -0.350 e. The summed E-state index contributed by atoms with van der Waals surface area (Å²) in [4.78, 5) is 4.24. The van der Waals surface area contributed by atoms with Crippen LogP contribution in [0.1, 0.15) is 36.6 Å². The molecule has 3 heteroatoms. The highest BCUT2D eigenvalue weighted by Gasteiger charge is 2.14. The van der Waals surface area contributed by atoms with Crippen molar-refractivity contribution >= 4 is 0 Å². The van der Waals surface area contributed by atoms with Crippen molar-refractivity contribution in [2.45, 2.75) is 33.4 Å². The van der Waals surface area contributed by atoms with Gasteiger partial charge in [-0.05, 0) is 42.6 Å². The smallest absolute Gasteiger partial charge is 0.0485 e. The normalized spacial score (nSPS) is 12.9. The molecular weight excluding hydrogens is 234 g/mol. The lowest BCUT2D eigenvalue weighted by Gasteiger charge is -2.18. The van der Waals surface area contributed by atoms with Gasteiger partial charge in [0.1, 0.15) is 0 Å². The number of rotatable bonds is 5. The van der Waals surface area contributed by atoms with Gasteiger partial charge >= 0.3 is 0 Å². The minimum absolute atomic E-state index is 0.414. The Kier molecular flexibility index (Phi) is 4.38. The molecule has 2 aromatic rings. The maximum absolute atomic E-state index is 4.24. The fourth-order valence-corrected chi connectivity index (χ4v) is 2.54. The van der Waals surface area contributed by atoms with Crippen molar-refractivity contribution < 1.29 is 0 Å². The molecule has 19 heavy (non-hydrogen) atoms. The van der Waals surface area contributed by atoms with Gasteiger partial charge in [-0.3, -0.25) is 4.98 Å². The van der Waals surface area contributed by atoms with Gasteiger partial charge in [-0.1, -0.05) is 19.9 Å². The van der Waals surface area contributed by atoms with Gasteiger partial charge < -0.3 is 9.88 Å². The van der Waals surface area contributed by atoms with E-state index in [-0.39, 0.29) is 0 Å². The van der Waals surface area contributed by atoms with Gasteiger partial charge in [-0.25, -0.2) is 0 Å². The molecular formula is C16H23N3. The quantitative estimate of drug-likeness (QED) is 0.891. The van der Waals surface area contributed by atoms with Gasteiger partial charge in [0.05, 0.1) is 0 Å². The summed E-state index contributed by atoms with van der Waals surface area (Å²) in [6, 6.07) is 4.80. The Balaban J connectivity index is 2.13. The van der Waals surface area contributed by atoms with E-state index in [0.29, 0.717) is 12.0 Å². The maximum Gasteiger partial charge on any atom is 0.0485 e. The third-order valence-corrected chi connectivity index (χ3v) is 3.41. The van der Waals surface area contributed by atoms with Crippen molar-refractivity contribution in [3.8, 4) is 0 Å². The van der Waals surface area contributed by atoms with E-state index in [1.165, 1.54) is 16.7 Å². The second-order valence-corrected chi connectivity index (χ2v) is 5.50. The Morgan fingerprint density at radius 2 is 2.11 bits per heavy atom. The van der Waals surface area contributed by atoms with Crippen LogP contribution in [-0.4, -0.2) is 16.6 Å². The van der Waals surface area contributed by atoms with Gasteiger partial charge in [-0.2, -0.15) is 0 Å². The van der Waals surface area contributed by atoms with Crippen LogP contribution >= 0.6 is 0 Å². The van der Waals surface area contributed by atoms with E-state index in [9.17, 15) is 0 Å². The summed E-state index contributed by atoms with van der Waals surface area (Å²) in [5.74, 6) is 0.585. The molecule has 0 saturated heterocycles. The van der Waals surface area contributed by atoms with Gasteiger partial charge in [0, 0.05) is 37.4 Å². The fraction of sp³-hybridized carbons (Fsp3) is 0.438. The topological polar surface area (TPSA) is 29.9 Å². The summed E-state index contributed by atoms with van der Waals surface area (Å²) in [7, 11) is 2.02. The molecule has 0 saturated carbocycles. The lowest BCUT2D eigenvalue weighted by atomic mass is 9.99. The number of aromatic nitrogens is 2. The van der Waals surface area contributed by atoms with Crippen LogP contribution in [0.25, 0.3) is 0 Å². The molecule has 3 nitrogen and oxygen atoms in total. The predicted octanol–water partition coefficient (Wildman–Crippen LogP) is 3.16. The molecule has 102 valence electrons. The van der Waals surface area contributed by atoms with E-state index in [1.807, 2.05) is 19.4 Å². The molecule has 0 amide bonds. The van der Waals surface area contributed by atoms with Crippen molar-refractivity contribution in [2.24, 2.45) is 5.92 Å². The van der Waals surface area contributed by atoms with E-state index in [2.05, 4.69) is 60.2 Å². The summed E-state index contributed by atoms with van der Waals surface area (Å²) in [5.41, 5.74) is 3.80. The zero-order valence-corrected chi connectivity index (χ0v) is 12.2. The molecule has 0 radical (unpaired) electrons. The van der Waals surface area contributed by atoms with Gasteiger partial charge in [-0.15, -0.1) is 0 Å². The minimum atomic E-state index is 0.414. The third-order valence-electron chi connectivity index (χ3n) is 3.41. The molecule has 0 aliphatic heterocycles. The van der Waals surface area contributed by atoms with Crippen molar-refractivity contribution in [2.75, 3.05) is 7.05 Å². The number of nitrogens with one attached hydrogen (secondary N) is 1. The molecule has 0 aliphatic rings. The molecule has 0 spiro atoms. The first-order valence-electron chi connectivity index (χ1n) is 6.83. The van der Waals surface area contributed by atoms with E-state index < -0.39 is 0 Å². The average molecular weight is 257 g/mol. The maximum atomic E-state index is 4.24. The highest BCUT2D eigenvalue weighted by Crippen LogP contribution is 2.21. The van der Waals surface area contributed by atoms with Crippen LogP contribution in [0.2, 0.25) is 0 Å². The molecule has 0 aliphatic carbocycles. The number of hydrogen-bond donors (Lipinski definition) is 1. The molecule has 2 rings (SSSR count). The van der Waals surface area contributed by atoms with Crippen LogP contribution < -0.4 is 5.32 Å². The van der Waals surface area contributed by atoms with Crippen molar-refractivity contribution in [3.05, 3.63) is 53.6 Å². The van der Waals surface area contributed by atoms with Crippen LogP contribution in [0, 0.1) is 12.8 Å². The number of hydrogen-bond acceptors (Lipinski definition) is 2. The van der Waals surface area contributed by atoms with Crippen LogP contribution in [-0.2, 0) is 6.54 Å². The predicted molar refractivity (Wildman–Crippen MR) is 79.1 cm³/mol. The number of aryl methyl sites for hydroxylation is 1. The van der Waals surface area contributed by atoms with Crippen LogP contribution in [0.15, 0.2) is 36.9 Å². The van der Waals surface area contributed by atoms with Crippen molar-refractivity contribution in [1.29, 1.82) is 0 Å². The summed E-state index contributed by atoms with van der Waals surface area (Å²) in [6.07, 6.45) is 8.19. The first kappa shape index (κ1) is 13.8. The lowest BCUT2D eigenvalue weighted by Crippen LogP contribution is -2.21. The van der Waals surface area contributed by atoms with E-state index in [1.54, 1.807) is 0 Å². The van der Waals surface area contributed by atoms with Gasteiger partial charge in [0.2, 0.25) is 0 Å². The molecule has 1 N–H and O–H groups in total. The Bertz CT molecular complexity index is 528. The zero-order valence-electron chi connectivity index (χ0n) is 12.2. The summed E-state index contributed by atoms with van der Waals surface area (Å²) < 4.78 is 2.22. The van der Waals surface area contributed by atoms with Crippen LogP contribution in [0.3, 0.4) is 0 Å². The first-order valence-corrected chi connectivity index (χ1v) is 6.83. The summed E-state index contributed by atoms with van der Waals surface area (Å²) in [5, 5.41) is 3.38. The highest BCUT2D eigenvalue weighted by atomic mass is 15.0. The molecule has 0 bridgehead atoms. The largest absolute Gasteiger partial charge is 0.350 e. The Hall–Kier alpha value is -1.61. The molecule has 0 aromatic carbocycles. The van der Waals surface area contributed by atoms with Crippen LogP contribution in [0.5, 0.6) is 0 Å². The zero-order chi connectivity index (χ0) is 13.8. The summed E-state index contributed by atoms with van der Waals surface area (Å²) >= 11 is 0. The average Bonchev–Trinajstić information content (AvgIpc) is 2.78. The molecule has 2 heterocycles. The SMILES string of the molecule is CNC(c1ccn(Cc2cncc(C)c2)c1)C(C)C. The fourth-order valence-electron chi connectivity index (χ4n) is 2.54. The first-order chi connectivity index (χ1) is 9.10. The monoisotopic (exact) mass is 257 g/mol. The Morgan fingerprint density at radius 3 is 2.74 bits per heavy atom. The Labute approximate surface area is 115 Å². The van der Waals surface area contributed by atoms with Crippen molar-refractivity contribution in [1.82, 2.24) is 14.9 Å². The van der Waals surface area contributed by atoms with Crippen LogP contribution in [0.4, 0.5) is 0 Å². The van der Waals surface area contributed by atoms with E-state index in [4.69, 9.17) is 0 Å². The Morgan fingerprint density at radius 1 is 1.32 bits per heavy atom. The molecule has 0 fully saturated rings. The molecule has 1 unspecified atom stereocenters. The van der Waals surface area contributed by atoms with E-state index in [0.717, 1.165) is 6.54 Å². The number of nitrogens with zero attached hydrogens (tertiary/aromatic N) is 2. The van der Waals surface area contributed by atoms with E-state index >= 15 is 0 Å². The van der Waals surface area contributed by atoms with Crippen molar-refractivity contribution in [3.63, 3.8) is 0 Å². The number of pyridine rings is 1. The second-order valence-electron chi connectivity index (χ2n) is 5.50. The van der Waals surface area contributed by atoms with Gasteiger partial charge in [0.15, 0.2) is 0 Å². The lowest BCUT2D eigenvalue weighted by molar-refractivity contribution is 0.443. The molecule has 2 aromatic heterocycles. The molecule has 1 atom stereocenters.